The van der Waals surface area contributed by atoms with Crippen molar-refractivity contribution >= 4 is 17.3 Å². The van der Waals surface area contributed by atoms with Crippen LogP contribution in [0.15, 0.2) is 36.4 Å². The molecular weight excluding hydrogens is 362 g/mol. The Morgan fingerprint density at radius 1 is 1.17 bits per heavy atom. The van der Waals surface area contributed by atoms with Crippen LogP contribution >= 0.6 is 0 Å². The average Bonchev–Trinajstić information content (AvgIpc) is 3.33. The van der Waals surface area contributed by atoms with Gasteiger partial charge in [0, 0.05) is 37.0 Å². The largest absolute Gasteiger partial charge is 0.493 e. The molecule has 1 amide bonds. The number of hydrogen-bond acceptors (Lipinski definition) is 4. The molecule has 1 fully saturated rings. The number of amides is 1. The van der Waals surface area contributed by atoms with Crippen LogP contribution in [0.3, 0.4) is 0 Å². The van der Waals surface area contributed by atoms with Gasteiger partial charge in [0.25, 0.3) is 0 Å². The molecule has 5 nitrogen and oxygen atoms in total. The maximum absolute atomic E-state index is 12.1. The molecule has 2 atom stereocenters. The lowest BCUT2D eigenvalue weighted by Gasteiger charge is -2.39. The van der Waals surface area contributed by atoms with Crippen molar-refractivity contribution in [3.05, 3.63) is 53.1 Å². The van der Waals surface area contributed by atoms with Crippen LogP contribution in [-0.4, -0.2) is 49.6 Å². The van der Waals surface area contributed by atoms with E-state index < -0.39 is 0 Å². The lowest BCUT2D eigenvalue weighted by molar-refractivity contribution is -0.115. The number of benzene rings is 2. The zero-order valence-corrected chi connectivity index (χ0v) is 16.7. The lowest BCUT2D eigenvalue weighted by Crippen LogP contribution is -2.49. The van der Waals surface area contributed by atoms with Crippen molar-refractivity contribution in [3.8, 4) is 5.75 Å². The number of anilines is 2. The monoisotopic (exact) mass is 389 g/mol. The molecule has 0 bridgehead atoms. The van der Waals surface area contributed by atoms with E-state index in [1.54, 1.807) is 0 Å². The maximum Gasteiger partial charge on any atom is 0.243 e. The quantitative estimate of drug-likeness (QED) is 0.872. The standard InChI is InChI=1S/C24H27N3O2/c28-23-15-27-21-9-12-26(14-19(21)18-6-2-7-20(25-23)24(18)27)11-3-5-16-4-1-8-22-17(16)10-13-29-22/h1-2,4,6-8,19,21H,3,5,9-15H2,(H,25,28)/t19-,21-/m0/s1. The molecule has 29 heavy (non-hydrogen) atoms. The molecule has 0 radical (unpaired) electrons. The molecule has 0 unspecified atom stereocenters. The number of carbonyl (C=O) groups is 1. The molecule has 4 aliphatic heterocycles. The molecule has 0 aliphatic carbocycles. The summed E-state index contributed by atoms with van der Waals surface area (Å²) in [5.41, 5.74) is 6.60. The first-order chi connectivity index (χ1) is 14.3. The number of rotatable bonds is 4. The van der Waals surface area contributed by atoms with E-state index in [1.807, 2.05) is 6.07 Å². The lowest BCUT2D eigenvalue weighted by atomic mass is 9.89. The van der Waals surface area contributed by atoms with Gasteiger partial charge in [0.15, 0.2) is 0 Å². The fourth-order valence-electron chi connectivity index (χ4n) is 5.90. The number of likely N-dealkylation sites (tertiary alicyclic amines) is 1. The third-order valence-corrected chi connectivity index (χ3v) is 7.16. The minimum atomic E-state index is 0.122. The third kappa shape index (κ3) is 2.83. The summed E-state index contributed by atoms with van der Waals surface area (Å²) in [5.74, 6) is 1.73. The van der Waals surface area contributed by atoms with Gasteiger partial charge in [0.05, 0.1) is 24.5 Å². The molecule has 6 rings (SSSR count). The Labute approximate surface area is 171 Å². The molecular formula is C24H27N3O2. The number of nitrogens with one attached hydrogen (secondary N) is 1. The van der Waals surface area contributed by atoms with Crippen LogP contribution < -0.4 is 15.0 Å². The highest BCUT2D eigenvalue weighted by atomic mass is 16.5. The topological polar surface area (TPSA) is 44.8 Å². The van der Waals surface area contributed by atoms with Crippen LogP contribution in [0, 0.1) is 0 Å². The van der Waals surface area contributed by atoms with E-state index in [4.69, 9.17) is 4.74 Å². The number of aryl methyl sites for hydroxylation is 1. The van der Waals surface area contributed by atoms with Crippen LogP contribution in [0.2, 0.25) is 0 Å². The summed E-state index contributed by atoms with van der Waals surface area (Å²) in [6.07, 6.45) is 4.51. The summed E-state index contributed by atoms with van der Waals surface area (Å²) in [7, 11) is 0. The van der Waals surface area contributed by atoms with Gasteiger partial charge in [0.2, 0.25) is 5.91 Å². The highest BCUT2D eigenvalue weighted by Crippen LogP contribution is 2.49. The van der Waals surface area contributed by atoms with Gasteiger partial charge in [-0.2, -0.15) is 0 Å². The number of piperidine rings is 1. The van der Waals surface area contributed by atoms with Gasteiger partial charge in [-0.25, -0.2) is 0 Å². The minimum absolute atomic E-state index is 0.122. The van der Waals surface area contributed by atoms with Crippen molar-refractivity contribution in [2.24, 2.45) is 0 Å². The molecule has 0 aromatic heterocycles. The van der Waals surface area contributed by atoms with Gasteiger partial charge in [0.1, 0.15) is 5.75 Å². The van der Waals surface area contributed by atoms with E-state index in [2.05, 4.69) is 45.4 Å². The second-order valence-electron chi connectivity index (χ2n) is 8.78. The summed E-state index contributed by atoms with van der Waals surface area (Å²) < 4.78 is 5.71. The molecule has 0 saturated carbocycles. The van der Waals surface area contributed by atoms with E-state index in [-0.39, 0.29) is 5.91 Å². The van der Waals surface area contributed by atoms with Gasteiger partial charge < -0.3 is 19.9 Å². The highest BCUT2D eigenvalue weighted by molar-refractivity contribution is 6.03. The van der Waals surface area contributed by atoms with Crippen LogP contribution in [0.4, 0.5) is 11.4 Å². The number of nitrogens with zero attached hydrogens (tertiary/aromatic N) is 2. The molecule has 4 heterocycles. The smallest absolute Gasteiger partial charge is 0.243 e. The van der Waals surface area contributed by atoms with Crippen LogP contribution in [0.25, 0.3) is 0 Å². The van der Waals surface area contributed by atoms with E-state index in [1.165, 1.54) is 28.8 Å². The van der Waals surface area contributed by atoms with Crippen molar-refractivity contribution in [2.75, 3.05) is 43.0 Å². The first-order valence-corrected chi connectivity index (χ1v) is 10.9. The van der Waals surface area contributed by atoms with Crippen LogP contribution in [0.1, 0.15) is 35.4 Å². The van der Waals surface area contributed by atoms with Crippen molar-refractivity contribution in [1.29, 1.82) is 0 Å². The van der Waals surface area contributed by atoms with Gasteiger partial charge in [-0.1, -0.05) is 24.3 Å². The maximum atomic E-state index is 12.1. The van der Waals surface area contributed by atoms with Crippen LogP contribution in [0.5, 0.6) is 5.75 Å². The van der Waals surface area contributed by atoms with E-state index >= 15 is 0 Å². The Bertz CT molecular complexity index is 973. The molecule has 2 aromatic carbocycles. The van der Waals surface area contributed by atoms with E-state index in [0.29, 0.717) is 18.5 Å². The van der Waals surface area contributed by atoms with E-state index in [0.717, 1.165) is 56.9 Å². The number of ether oxygens (including phenoxy) is 1. The molecule has 1 saturated heterocycles. The van der Waals surface area contributed by atoms with Gasteiger partial charge in [-0.3, -0.25) is 4.79 Å². The zero-order valence-electron chi connectivity index (χ0n) is 16.7. The first-order valence-electron chi connectivity index (χ1n) is 10.9. The fraction of sp³-hybridized carbons (Fsp3) is 0.458. The van der Waals surface area contributed by atoms with Gasteiger partial charge >= 0.3 is 0 Å². The van der Waals surface area contributed by atoms with Crippen LogP contribution in [-0.2, 0) is 17.6 Å². The molecule has 2 aromatic rings. The zero-order chi connectivity index (χ0) is 19.4. The normalized spacial score (nSPS) is 24.6. The number of fused-ring (bicyclic) bond motifs is 4. The molecule has 5 heteroatoms. The number of para-hydroxylation sites is 1. The van der Waals surface area contributed by atoms with Crippen molar-refractivity contribution < 1.29 is 9.53 Å². The van der Waals surface area contributed by atoms with E-state index in [9.17, 15) is 4.79 Å². The van der Waals surface area contributed by atoms with Gasteiger partial charge in [-0.15, -0.1) is 0 Å². The minimum Gasteiger partial charge on any atom is -0.493 e. The second-order valence-corrected chi connectivity index (χ2v) is 8.78. The fourth-order valence-corrected chi connectivity index (χ4v) is 5.90. The third-order valence-electron chi connectivity index (χ3n) is 7.16. The summed E-state index contributed by atoms with van der Waals surface area (Å²) in [6.45, 7) is 4.70. The molecule has 1 N–H and O–H groups in total. The molecule has 4 aliphatic rings. The summed E-state index contributed by atoms with van der Waals surface area (Å²) >= 11 is 0. The van der Waals surface area contributed by atoms with Crippen molar-refractivity contribution in [3.63, 3.8) is 0 Å². The Hall–Kier alpha value is -2.53. The number of hydrogen-bond donors (Lipinski definition) is 1. The average molecular weight is 389 g/mol. The summed E-state index contributed by atoms with van der Waals surface area (Å²) in [4.78, 5) is 17.1. The Morgan fingerprint density at radius 3 is 3.07 bits per heavy atom. The predicted octanol–water partition coefficient (Wildman–Crippen LogP) is 3.18. The predicted molar refractivity (Wildman–Crippen MR) is 114 cm³/mol. The summed E-state index contributed by atoms with van der Waals surface area (Å²) in [6, 6.07) is 13.4. The van der Waals surface area contributed by atoms with Gasteiger partial charge in [-0.05, 0) is 49.1 Å². The first kappa shape index (κ1) is 17.3. The SMILES string of the molecule is O=C1CN2c3c(cccc3[C@@H]3CN(CCCc4cccc5c4CCO5)CC[C@@H]32)N1. The highest BCUT2D eigenvalue weighted by Gasteiger charge is 2.45. The Kier molecular flexibility index (Phi) is 4.05. The van der Waals surface area contributed by atoms with Crippen molar-refractivity contribution in [1.82, 2.24) is 4.90 Å². The second kappa shape index (κ2) is 6.77. The Balaban J connectivity index is 1.14. The molecule has 150 valence electrons. The number of carbonyl (C=O) groups excluding carboxylic acids is 1. The molecule has 0 spiro atoms. The summed E-state index contributed by atoms with van der Waals surface area (Å²) in [5, 5.41) is 3.06. The Morgan fingerprint density at radius 2 is 2.10 bits per heavy atom. The van der Waals surface area contributed by atoms with Crippen molar-refractivity contribution in [2.45, 2.75) is 37.6 Å².